The van der Waals surface area contributed by atoms with E-state index in [4.69, 9.17) is 9.47 Å². The third-order valence-electron chi connectivity index (χ3n) is 5.07. The number of amides is 1. The number of anilines is 1. The van der Waals surface area contributed by atoms with Crippen LogP contribution in [0.4, 0.5) is 13.9 Å². The van der Waals surface area contributed by atoms with Gasteiger partial charge in [-0.05, 0) is 36.3 Å². The molecule has 0 atom stereocenters. The Morgan fingerprint density at radius 1 is 1.21 bits per heavy atom. The number of aryl methyl sites for hydroxylation is 1. The minimum atomic E-state index is -0.755. The van der Waals surface area contributed by atoms with Crippen molar-refractivity contribution in [3.63, 3.8) is 0 Å². The van der Waals surface area contributed by atoms with Gasteiger partial charge in [-0.1, -0.05) is 17.4 Å². The molecule has 0 saturated carbocycles. The molecule has 0 saturated heterocycles. The summed E-state index contributed by atoms with van der Waals surface area (Å²) < 4.78 is 40.8. The maximum absolute atomic E-state index is 14.2. The Hall–Kier alpha value is -3.50. The molecular weight excluding hydrogens is 486 g/mol. The first kappa shape index (κ1) is 23.7. The smallest absolute Gasteiger partial charge is 0.252 e. The number of aromatic nitrogens is 3. The maximum atomic E-state index is 14.2. The van der Waals surface area contributed by atoms with E-state index < -0.39 is 11.6 Å². The number of carbonyl (C=O) groups excluding carboxylic acids is 1. The first-order valence-electron chi connectivity index (χ1n) is 10.2. The normalized spacial score (nSPS) is 12.3. The summed E-state index contributed by atoms with van der Waals surface area (Å²) in [4.78, 5) is 22.9. The highest BCUT2D eigenvalue weighted by atomic mass is 35.5. The van der Waals surface area contributed by atoms with Crippen LogP contribution in [0.3, 0.4) is 0 Å². The molecule has 0 bridgehead atoms. The molecule has 1 amide bonds. The molecule has 0 fully saturated rings. The third kappa shape index (κ3) is 5.02. The van der Waals surface area contributed by atoms with Gasteiger partial charge in [0.15, 0.2) is 22.4 Å². The van der Waals surface area contributed by atoms with Crippen LogP contribution in [0.2, 0.25) is 0 Å². The zero-order valence-electron chi connectivity index (χ0n) is 17.7. The number of hydrogen-bond acceptors (Lipinski definition) is 6. The highest BCUT2D eigenvalue weighted by molar-refractivity contribution is 7.22. The van der Waals surface area contributed by atoms with Crippen molar-refractivity contribution in [2.75, 3.05) is 18.2 Å². The van der Waals surface area contributed by atoms with Gasteiger partial charge in [0, 0.05) is 37.6 Å². The minimum absolute atomic E-state index is 0. The van der Waals surface area contributed by atoms with E-state index in [2.05, 4.69) is 9.97 Å². The van der Waals surface area contributed by atoms with Crippen LogP contribution in [0.25, 0.3) is 16.3 Å². The van der Waals surface area contributed by atoms with Crippen LogP contribution < -0.4 is 14.4 Å². The van der Waals surface area contributed by atoms with Crippen molar-refractivity contribution in [2.45, 2.75) is 13.0 Å². The number of nitrogens with zero attached hydrogens (tertiary/aromatic N) is 4. The van der Waals surface area contributed by atoms with Crippen molar-refractivity contribution in [3.05, 3.63) is 72.3 Å². The van der Waals surface area contributed by atoms with E-state index in [9.17, 15) is 13.6 Å². The molecule has 5 rings (SSSR count). The molecule has 3 heterocycles. The molecule has 176 valence electrons. The topological polar surface area (TPSA) is 69.5 Å². The highest BCUT2D eigenvalue weighted by Crippen LogP contribution is 2.33. The predicted octanol–water partition coefficient (Wildman–Crippen LogP) is 5.06. The van der Waals surface area contributed by atoms with E-state index in [0.29, 0.717) is 40.8 Å². The second-order valence-electron chi connectivity index (χ2n) is 7.32. The summed E-state index contributed by atoms with van der Waals surface area (Å²) in [6.07, 6.45) is 8.93. The second kappa shape index (κ2) is 10.2. The van der Waals surface area contributed by atoms with Crippen molar-refractivity contribution >= 4 is 51.1 Å². The van der Waals surface area contributed by atoms with Crippen molar-refractivity contribution in [3.8, 4) is 11.5 Å². The molecule has 2 aromatic heterocycles. The molecule has 1 aliphatic heterocycles. The number of hydrogen-bond donors (Lipinski definition) is 0. The number of thiazole rings is 1. The van der Waals surface area contributed by atoms with Crippen LogP contribution in [0.5, 0.6) is 11.5 Å². The predicted molar refractivity (Wildman–Crippen MR) is 128 cm³/mol. The van der Waals surface area contributed by atoms with Gasteiger partial charge in [-0.2, -0.15) is 0 Å². The van der Waals surface area contributed by atoms with Crippen LogP contribution in [0, 0.1) is 11.6 Å². The summed E-state index contributed by atoms with van der Waals surface area (Å²) in [6.45, 7) is 1.15. The second-order valence-corrected chi connectivity index (χ2v) is 8.33. The van der Waals surface area contributed by atoms with E-state index in [-0.39, 0.29) is 30.6 Å². The minimum Gasteiger partial charge on any atom is -0.454 e. The maximum Gasteiger partial charge on any atom is 0.252 e. The molecular formula is C23H19ClF2N4O3S. The van der Waals surface area contributed by atoms with Crippen molar-refractivity contribution < 1.29 is 23.0 Å². The Kier molecular flexibility index (Phi) is 7.09. The van der Waals surface area contributed by atoms with Crippen LogP contribution in [-0.4, -0.2) is 33.8 Å². The Morgan fingerprint density at radius 2 is 2.06 bits per heavy atom. The van der Waals surface area contributed by atoms with Gasteiger partial charge in [0.2, 0.25) is 6.79 Å². The molecule has 11 heteroatoms. The molecule has 0 N–H and O–H groups in total. The lowest BCUT2D eigenvalue weighted by atomic mass is 10.2. The number of imidazole rings is 1. The molecule has 7 nitrogen and oxygen atoms in total. The molecule has 0 unspecified atom stereocenters. The number of halogens is 3. The van der Waals surface area contributed by atoms with E-state index in [0.717, 1.165) is 23.0 Å². The number of rotatable bonds is 7. The van der Waals surface area contributed by atoms with Gasteiger partial charge in [-0.3, -0.25) is 9.69 Å². The molecule has 1 aliphatic rings. The van der Waals surface area contributed by atoms with Gasteiger partial charge in [0.05, 0.1) is 11.0 Å². The highest BCUT2D eigenvalue weighted by Gasteiger charge is 2.20. The lowest BCUT2D eigenvalue weighted by Gasteiger charge is -2.18. The fraction of sp³-hybridized carbons (Fsp3) is 0.174. The quantitative estimate of drug-likeness (QED) is 0.329. The van der Waals surface area contributed by atoms with Crippen molar-refractivity contribution in [1.29, 1.82) is 0 Å². The first-order valence-corrected chi connectivity index (χ1v) is 11.0. The average molecular weight is 505 g/mol. The van der Waals surface area contributed by atoms with Crippen LogP contribution in [0.1, 0.15) is 12.0 Å². The average Bonchev–Trinajstić information content (AvgIpc) is 3.55. The van der Waals surface area contributed by atoms with Crippen LogP contribution in [-0.2, 0) is 11.3 Å². The van der Waals surface area contributed by atoms with Crippen molar-refractivity contribution in [2.24, 2.45) is 0 Å². The van der Waals surface area contributed by atoms with Gasteiger partial charge in [0.25, 0.3) is 5.91 Å². The fourth-order valence-corrected chi connectivity index (χ4v) is 4.50. The Balaban J connectivity index is 0.00000274. The van der Waals surface area contributed by atoms with Crippen LogP contribution in [0.15, 0.2) is 55.1 Å². The summed E-state index contributed by atoms with van der Waals surface area (Å²) in [5.41, 5.74) is 0.812. The largest absolute Gasteiger partial charge is 0.454 e. The summed E-state index contributed by atoms with van der Waals surface area (Å²) in [7, 11) is 0. The Labute approximate surface area is 203 Å². The summed E-state index contributed by atoms with van der Waals surface area (Å²) in [6, 6.07) is 7.38. The number of benzene rings is 2. The molecule has 0 radical (unpaired) electrons. The van der Waals surface area contributed by atoms with E-state index in [1.54, 1.807) is 30.7 Å². The molecule has 0 aliphatic carbocycles. The molecule has 34 heavy (non-hydrogen) atoms. The van der Waals surface area contributed by atoms with Gasteiger partial charge in [0.1, 0.15) is 11.3 Å². The van der Waals surface area contributed by atoms with Crippen molar-refractivity contribution in [1.82, 2.24) is 14.5 Å². The molecule has 0 spiro atoms. The van der Waals surface area contributed by atoms with E-state index >= 15 is 0 Å². The summed E-state index contributed by atoms with van der Waals surface area (Å²) in [5.74, 6) is -0.489. The molecule has 4 aromatic rings. The van der Waals surface area contributed by atoms with Gasteiger partial charge in [-0.25, -0.2) is 18.7 Å². The number of fused-ring (bicyclic) bond motifs is 2. The lowest BCUT2D eigenvalue weighted by molar-refractivity contribution is -0.114. The zero-order chi connectivity index (χ0) is 22.8. The Morgan fingerprint density at radius 3 is 2.88 bits per heavy atom. The first-order chi connectivity index (χ1) is 16.1. The summed E-state index contributed by atoms with van der Waals surface area (Å²) in [5, 5.41) is 0.306. The fourth-order valence-electron chi connectivity index (χ4n) is 3.47. The molecule has 2 aromatic carbocycles. The van der Waals surface area contributed by atoms with Gasteiger partial charge >= 0.3 is 0 Å². The van der Waals surface area contributed by atoms with Crippen LogP contribution >= 0.6 is 23.7 Å². The van der Waals surface area contributed by atoms with E-state index in [1.807, 2.05) is 16.8 Å². The zero-order valence-corrected chi connectivity index (χ0v) is 19.3. The Bertz CT molecular complexity index is 1340. The third-order valence-corrected chi connectivity index (χ3v) is 6.10. The van der Waals surface area contributed by atoms with Gasteiger partial charge in [-0.15, -0.1) is 12.4 Å². The number of ether oxygens (including phenoxy) is 2. The van der Waals surface area contributed by atoms with Gasteiger partial charge < -0.3 is 14.0 Å². The lowest BCUT2D eigenvalue weighted by Crippen LogP contribution is -2.30. The standard InChI is InChI=1S/C23H18F2N4O3S.ClH/c24-16-11-17(25)22-20(12-16)33-23(27-22)29(8-1-7-28-9-6-26-13-28)21(30)5-3-15-2-4-18-19(10-15)32-14-31-18;/h2-6,9-13H,1,7-8,14H2;1H/b5-3+;. The monoisotopic (exact) mass is 504 g/mol. The SMILES string of the molecule is Cl.O=C(/C=C/c1ccc2c(c1)OCO2)N(CCCn1ccnc1)c1nc2c(F)cc(F)cc2s1. The number of carbonyl (C=O) groups is 1. The van der Waals surface area contributed by atoms with E-state index in [1.165, 1.54) is 17.0 Å². The summed E-state index contributed by atoms with van der Waals surface area (Å²) >= 11 is 1.07.